The van der Waals surface area contributed by atoms with Crippen molar-refractivity contribution in [2.24, 2.45) is 0 Å². The number of thiazole rings is 1. The number of hydrogen-bond donors (Lipinski definition) is 1. The van der Waals surface area contributed by atoms with Crippen LogP contribution >= 0.6 is 11.3 Å². The summed E-state index contributed by atoms with van der Waals surface area (Å²) in [6, 6.07) is 15.1. The van der Waals surface area contributed by atoms with Crippen molar-refractivity contribution in [3.8, 4) is 17.2 Å². The Hall–Kier alpha value is -3.32. The van der Waals surface area contributed by atoms with Gasteiger partial charge >= 0.3 is 0 Å². The predicted octanol–water partition coefficient (Wildman–Crippen LogP) is 4.73. The zero-order valence-corrected chi connectivity index (χ0v) is 16.4. The Kier molecular flexibility index (Phi) is 4.75. The SMILES string of the molecule is COc1cc2ccccc2cc1C(=O)Nc1nc2c(OC)ccc(OC)c2s1. The minimum absolute atomic E-state index is 0.292. The number of hydrogen-bond acceptors (Lipinski definition) is 6. The highest BCUT2D eigenvalue weighted by Gasteiger charge is 2.18. The van der Waals surface area contributed by atoms with Crippen LogP contribution in [0.4, 0.5) is 5.13 Å². The van der Waals surface area contributed by atoms with E-state index in [4.69, 9.17) is 14.2 Å². The summed E-state index contributed by atoms with van der Waals surface area (Å²) in [6.45, 7) is 0. The van der Waals surface area contributed by atoms with Crippen LogP contribution in [-0.2, 0) is 0 Å². The van der Waals surface area contributed by atoms with Crippen molar-refractivity contribution in [1.82, 2.24) is 4.98 Å². The molecule has 0 aliphatic rings. The van der Waals surface area contributed by atoms with Crippen molar-refractivity contribution >= 4 is 43.4 Å². The first-order valence-electron chi connectivity index (χ1n) is 8.54. The fraction of sp³-hybridized carbons (Fsp3) is 0.143. The van der Waals surface area contributed by atoms with Crippen molar-refractivity contribution in [2.75, 3.05) is 26.6 Å². The number of aromatic nitrogens is 1. The van der Waals surface area contributed by atoms with Gasteiger partial charge in [-0.05, 0) is 35.0 Å². The lowest BCUT2D eigenvalue weighted by molar-refractivity contribution is 0.102. The molecule has 1 heterocycles. The summed E-state index contributed by atoms with van der Waals surface area (Å²) in [5, 5.41) is 5.29. The lowest BCUT2D eigenvalue weighted by Crippen LogP contribution is -2.13. The number of benzene rings is 3. The van der Waals surface area contributed by atoms with Gasteiger partial charge in [0, 0.05) is 0 Å². The summed E-state index contributed by atoms with van der Waals surface area (Å²) in [4.78, 5) is 17.5. The maximum atomic E-state index is 12.9. The number of anilines is 1. The number of rotatable bonds is 5. The lowest BCUT2D eigenvalue weighted by atomic mass is 10.1. The Morgan fingerprint density at radius 1 is 0.893 bits per heavy atom. The molecule has 0 unspecified atom stereocenters. The molecule has 0 aliphatic carbocycles. The summed E-state index contributed by atoms with van der Waals surface area (Å²) >= 11 is 1.33. The molecule has 142 valence electrons. The van der Waals surface area contributed by atoms with Gasteiger partial charge in [0.1, 0.15) is 27.5 Å². The van der Waals surface area contributed by atoms with E-state index in [1.165, 1.54) is 11.3 Å². The van der Waals surface area contributed by atoms with Gasteiger partial charge in [-0.15, -0.1) is 0 Å². The van der Waals surface area contributed by atoms with Crippen LogP contribution in [0.15, 0.2) is 48.5 Å². The van der Waals surface area contributed by atoms with E-state index in [0.29, 0.717) is 33.5 Å². The number of carbonyl (C=O) groups excluding carboxylic acids is 1. The van der Waals surface area contributed by atoms with E-state index in [2.05, 4.69) is 10.3 Å². The molecule has 4 rings (SSSR count). The van der Waals surface area contributed by atoms with Gasteiger partial charge in [-0.25, -0.2) is 4.98 Å². The molecular weight excluding hydrogens is 376 g/mol. The molecule has 0 saturated carbocycles. The molecule has 0 aliphatic heterocycles. The molecule has 0 spiro atoms. The van der Waals surface area contributed by atoms with Crippen LogP contribution in [0.5, 0.6) is 17.2 Å². The number of nitrogens with one attached hydrogen (secondary N) is 1. The Morgan fingerprint density at radius 2 is 1.54 bits per heavy atom. The molecule has 28 heavy (non-hydrogen) atoms. The van der Waals surface area contributed by atoms with Crippen molar-refractivity contribution < 1.29 is 19.0 Å². The van der Waals surface area contributed by atoms with Gasteiger partial charge in [0.05, 0.1) is 26.9 Å². The number of nitrogens with zero attached hydrogens (tertiary/aromatic N) is 1. The van der Waals surface area contributed by atoms with Crippen molar-refractivity contribution in [1.29, 1.82) is 0 Å². The zero-order chi connectivity index (χ0) is 19.7. The summed E-state index contributed by atoms with van der Waals surface area (Å²) < 4.78 is 17.0. The minimum atomic E-state index is -0.292. The Morgan fingerprint density at radius 3 is 2.21 bits per heavy atom. The molecule has 0 bridgehead atoms. The molecule has 0 atom stereocenters. The second-order valence-corrected chi connectivity index (χ2v) is 7.02. The highest BCUT2D eigenvalue weighted by molar-refractivity contribution is 7.22. The van der Waals surface area contributed by atoms with E-state index in [1.54, 1.807) is 27.4 Å². The molecule has 1 N–H and O–H groups in total. The molecular formula is C21H18N2O4S. The smallest absolute Gasteiger partial charge is 0.261 e. The topological polar surface area (TPSA) is 69.7 Å². The van der Waals surface area contributed by atoms with E-state index < -0.39 is 0 Å². The van der Waals surface area contributed by atoms with Crippen LogP contribution in [-0.4, -0.2) is 32.2 Å². The van der Waals surface area contributed by atoms with Gasteiger partial charge in [-0.3, -0.25) is 10.1 Å². The standard InChI is InChI=1S/C21H18N2O4S/c1-25-15-8-9-16(26-2)19-18(15)22-21(28-19)23-20(24)14-10-12-6-4-5-7-13(12)11-17(14)27-3/h4-11H,1-3H3,(H,22,23,24). The van der Waals surface area contributed by atoms with Crippen molar-refractivity contribution in [2.45, 2.75) is 0 Å². The molecule has 0 radical (unpaired) electrons. The van der Waals surface area contributed by atoms with E-state index in [0.717, 1.165) is 15.5 Å². The summed E-state index contributed by atoms with van der Waals surface area (Å²) in [5.74, 6) is 1.51. The van der Waals surface area contributed by atoms with Crippen LogP contribution < -0.4 is 19.5 Å². The minimum Gasteiger partial charge on any atom is -0.496 e. The second-order valence-electron chi connectivity index (χ2n) is 6.02. The highest BCUT2D eigenvalue weighted by Crippen LogP contribution is 2.39. The van der Waals surface area contributed by atoms with Gasteiger partial charge in [-0.1, -0.05) is 35.6 Å². The number of methoxy groups -OCH3 is 3. The molecule has 1 amide bonds. The zero-order valence-electron chi connectivity index (χ0n) is 15.6. The van der Waals surface area contributed by atoms with Crippen LogP contribution in [0, 0.1) is 0 Å². The quantitative estimate of drug-likeness (QED) is 0.530. The molecule has 3 aromatic carbocycles. The van der Waals surface area contributed by atoms with Crippen LogP contribution in [0.25, 0.3) is 21.0 Å². The van der Waals surface area contributed by atoms with Gasteiger partial charge in [-0.2, -0.15) is 0 Å². The first-order chi connectivity index (χ1) is 13.6. The third-order valence-corrected chi connectivity index (χ3v) is 5.43. The number of amides is 1. The van der Waals surface area contributed by atoms with Gasteiger partial charge in [0.15, 0.2) is 5.13 Å². The number of carbonyl (C=O) groups is 1. The molecule has 7 heteroatoms. The highest BCUT2D eigenvalue weighted by atomic mass is 32.1. The fourth-order valence-electron chi connectivity index (χ4n) is 3.07. The average Bonchev–Trinajstić information content (AvgIpc) is 3.15. The van der Waals surface area contributed by atoms with Gasteiger partial charge in [0.2, 0.25) is 0 Å². The maximum Gasteiger partial charge on any atom is 0.261 e. The summed E-state index contributed by atoms with van der Waals surface area (Å²) in [5.41, 5.74) is 1.09. The molecule has 0 saturated heterocycles. The normalized spacial score (nSPS) is 10.8. The second kappa shape index (κ2) is 7.36. The molecule has 4 aromatic rings. The predicted molar refractivity (Wildman–Crippen MR) is 111 cm³/mol. The largest absolute Gasteiger partial charge is 0.496 e. The first kappa shape index (κ1) is 18.1. The van der Waals surface area contributed by atoms with Crippen molar-refractivity contribution in [3.63, 3.8) is 0 Å². The lowest BCUT2D eigenvalue weighted by Gasteiger charge is -2.10. The monoisotopic (exact) mass is 394 g/mol. The van der Waals surface area contributed by atoms with E-state index >= 15 is 0 Å². The third kappa shape index (κ3) is 3.10. The molecule has 0 fully saturated rings. The van der Waals surface area contributed by atoms with Crippen molar-refractivity contribution in [3.05, 3.63) is 54.1 Å². The average molecular weight is 394 g/mol. The van der Waals surface area contributed by atoms with Gasteiger partial charge in [0.25, 0.3) is 5.91 Å². The Labute approximate surface area is 165 Å². The number of fused-ring (bicyclic) bond motifs is 2. The maximum absolute atomic E-state index is 12.9. The van der Waals surface area contributed by atoms with E-state index in [1.807, 2.05) is 42.5 Å². The third-order valence-electron chi connectivity index (χ3n) is 4.44. The van der Waals surface area contributed by atoms with E-state index in [-0.39, 0.29) is 5.91 Å². The van der Waals surface area contributed by atoms with Crippen LogP contribution in [0.2, 0.25) is 0 Å². The Balaban J connectivity index is 1.73. The first-order valence-corrected chi connectivity index (χ1v) is 9.36. The summed E-state index contributed by atoms with van der Waals surface area (Å²) in [6.07, 6.45) is 0. The molecule has 6 nitrogen and oxygen atoms in total. The van der Waals surface area contributed by atoms with Gasteiger partial charge < -0.3 is 14.2 Å². The Bertz CT molecular complexity index is 1140. The van der Waals surface area contributed by atoms with E-state index in [9.17, 15) is 4.79 Å². The fourth-order valence-corrected chi connectivity index (χ4v) is 4.04. The number of ether oxygens (including phenoxy) is 3. The summed E-state index contributed by atoms with van der Waals surface area (Å²) in [7, 11) is 4.73. The molecule has 1 aromatic heterocycles. The van der Waals surface area contributed by atoms with Crippen LogP contribution in [0.3, 0.4) is 0 Å². The van der Waals surface area contributed by atoms with Crippen LogP contribution in [0.1, 0.15) is 10.4 Å².